The van der Waals surface area contributed by atoms with Crippen LogP contribution in [0.5, 0.6) is 0 Å². The zero-order chi connectivity index (χ0) is 11.6. The van der Waals surface area contributed by atoms with Crippen LogP contribution in [0.2, 0.25) is 0 Å². The third-order valence-electron chi connectivity index (χ3n) is 5.99. The fourth-order valence-corrected chi connectivity index (χ4v) is 4.96. The molecular formula is C15H26O. The molecule has 2 aliphatic carbocycles. The van der Waals surface area contributed by atoms with Crippen molar-refractivity contribution in [3.8, 4) is 0 Å². The standard InChI is InChI=1S/C15H26O/c1-10-5-6-13-12(10)9-11-7-8-15(13,4)16-14(11,2)3/h10-13H,5-9H2,1-4H3. The Morgan fingerprint density at radius 1 is 1.06 bits per heavy atom. The van der Waals surface area contributed by atoms with Crippen molar-refractivity contribution in [1.82, 2.24) is 0 Å². The van der Waals surface area contributed by atoms with Gasteiger partial charge in [0.25, 0.3) is 0 Å². The summed E-state index contributed by atoms with van der Waals surface area (Å²) in [6.07, 6.45) is 6.96. The minimum Gasteiger partial charge on any atom is -0.369 e. The van der Waals surface area contributed by atoms with Gasteiger partial charge in [-0.25, -0.2) is 0 Å². The van der Waals surface area contributed by atoms with Crippen molar-refractivity contribution < 1.29 is 4.74 Å². The van der Waals surface area contributed by atoms with Gasteiger partial charge in [-0.1, -0.05) is 13.3 Å². The first-order valence-electron chi connectivity index (χ1n) is 7.12. The molecule has 16 heavy (non-hydrogen) atoms. The van der Waals surface area contributed by atoms with Crippen LogP contribution in [-0.2, 0) is 4.74 Å². The van der Waals surface area contributed by atoms with E-state index in [0.717, 1.165) is 23.7 Å². The van der Waals surface area contributed by atoms with E-state index in [2.05, 4.69) is 27.7 Å². The van der Waals surface area contributed by atoms with E-state index < -0.39 is 0 Å². The SMILES string of the molecule is CC1CCC2C1CC1CCC2(C)OC1(C)C. The summed E-state index contributed by atoms with van der Waals surface area (Å²) in [5.41, 5.74) is 0.309. The molecule has 2 aliphatic heterocycles. The first-order chi connectivity index (χ1) is 7.42. The zero-order valence-electron chi connectivity index (χ0n) is 11.3. The van der Waals surface area contributed by atoms with Crippen molar-refractivity contribution in [2.45, 2.75) is 71.0 Å². The van der Waals surface area contributed by atoms with Crippen LogP contribution in [0.4, 0.5) is 0 Å². The largest absolute Gasteiger partial charge is 0.369 e. The zero-order valence-corrected chi connectivity index (χ0v) is 11.3. The van der Waals surface area contributed by atoms with E-state index in [1.165, 1.54) is 32.1 Å². The van der Waals surface area contributed by atoms with Crippen LogP contribution in [0.15, 0.2) is 0 Å². The lowest BCUT2D eigenvalue weighted by molar-refractivity contribution is -0.199. The van der Waals surface area contributed by atoms with Gasteiger partial charge >= 0.3 is 0 Å². The number of ether oxygens (including phenoxy) is 1. The minimum atomic E-state index is 0.122. The predicted octanol–water partition coefficient (Wildman–Crippen LogP) is 4.02. The van der Waals surface area contributed by atoms with Gasteiger partial charge in [0.05, 0.1) is 11.2 Å². The maximum Gasteiger partial charge on any atom is 0.0692 e. The van der Waals surface area contributed by atoms with E-state index in [0.29, 0.717) is 0 Å². The molecule has 4 rings (SSSR count). The van der Waals surface area contributed by atoms with Crippen molar-refractivity contribution in [2.24, 2.45) is 23.7 Å². The van der Waals surface area contributed by atoms with E-state index in [4.69, 9.17) is 4.74 Å². The fraction of sp³-hybridized carbons (Fsp3) is 1.00. The molecular weight excluding hydrogens is 196 g/mol. The molecule has 0 aromatic rings. The smallest absolute Gasteiger partial charge is 0.0692 e. The molecule has 2 saturated heterocycles. The molecule has 5 atom stereocenters. The normalized spacial score (nSPS) is 54.8. The van der Waals surface area contributed by atoms with Crippen LogP contribution >= 0.6 is 0 Å². The predicted molar refractivity (Wildman–Crippen MR) is 66.3 cm³/mol. The molecule has 0 spiro atoms. The number of hydrogen-bond donors (Lipinski definition) is 0. The number of fused-ring (bicyclic) bond motifs is 2. The molecule has 2 bridgehead atoms. The summed E-state index contributed by atoms with van der Waals surface area (Å²) in [5.74, 6) is 3.52. The number of rotatable bonds is 0. The summed E-state index contributed by atoms with van der Waals surface area (Å²) in [5, 5.41) is 0. The first kappa shape index (κ1) is 11.1. The van der Waals surface area contributed by atoms with Crippen molar-refractivity contribution in [1.29, 1.82) is 0 Å². The molecule has 0 aromatic carbocycles. The Kier molecular flexibility index (Phi) is 2.25. The third-order valence-corrected chi connectivity index (χ3v) is 5.99. The van der Waals surface area contributed by atoms with Gasteiger partial charge in [-0.15, -0.1) is 0 Å². The van der Waals surface area contributed by atoms with Crippen LogP contribution in [0, 0.1) is 23.7 Å². The molecule has 5 unspecified atom stereocenters. The summed E-state index contributed by atoms with van der Waals surface area (Å²) >= 11 is 0. The van der Waals surface area contributed by atoms with Crippen molar-refractivity contribution >= 4 is 0 Å². The van der Waals surface area contributed by atoms with E-state index >= 15 is 0 Å². The highest BCUT2D eigenvalue weighted by Gasteiger charge is 2.56. The molecule has 4 aliphatic rings. The van der Waals surface area contributed by atoms with Gasteiger partial charge in [0.1, 0.15) is 0 Å². The second kappa shape index (κ2) is 3.25. The van der Waals surface area contributed by atoms with E-state index in [1.807, 2.05) is 0 Å². The Morgan fingerprint density at radius 2 is 1.81 bits per heavy atom. The molecule has 1 heteroatoms. The third kappa shape index (κ3) is 1.40. The molecule has 2 heterocycles. The van der Waals surface area contributed by atoms with E-state index in [-0.39, 0.29) is 11.2 Å². The molecule has 0 radical (unpaired) electrons. The lowest BCUT2D eigenvalue weighted by atomic mass is 9.78. The molecule has 0 N–H and O–H groups in total. The monoisotopic (exact) mass is 222 g/mol. The summed E-state index contributed by atoms with van der Waals surface area (Å²) in [6.45, 7) is 9.50. The van der Waals surface area contributed by atoms with Crippen LogP contribution in [0.25, 0.3) is 0 Å². The van der Waals surface area contributed by atoms with E-state index in [1.54, 1.807) is 0 Å². The molecule has 4 fully saturated rings. The fourth-order valence-electron chi connectivity index (χ4n) is 4.96. The average Bonchev–Trinajstić information content (AvgIpc) is 2.41. The molecule has 92 valence electrons. The Labute approximate surface area is 99.9 Å². The highest BCUT2D eigenvalue weighted by atomic mass is 16.5. The molecule has 1 nitrogen and oxygen atoms in total. The second-order valence-electron chi connectivity index (χ2n) is 7.31. The average molecular weight is 222 g/mol. The van der Waals surface area contributed by atoms with Gasteiger partial charge in [-0.05, 0) is 70.1 Å². The lowest BCUT2D eigenvalue weighted by Crippen LogP contribution is -2.49. The van der Waals surface area contributed by atoms with Gasteiger partial charge in [-0.3, -0.25) is 0 Å². The topological polar surface area (TPSA) is 9.23 Å². The first-order valence-corrected chi connectivity index (χ1v) is 7.12. The van der Waals surface area contributed by atoms with Crippen molar-refractivity contribution in [3.05, 3.63) is 0 Å². The van der Waals surface area contributed by atoms with Crippen LogP contribution in [-0.4, -0.2) is 11.2 Å². The minimum absolute atomic E-state index is 0.122. The Bertz CT molecular complexity index is 296. The van der Waals surface area contributed by atoms with Crippen LogP contribution < -0.4 is 0 Å². The lowest BCUT2D eigenvalue weighted by Gasteiger charge is -2.47. The Balaban J connectivity index is 1.99. The molecule has 0 aromatic heterocycles. The maximum absolute atomic E-state index is 6.55. The summed E-state index contributed by atoms with van der Waals surface area (Å²) in [6, 6.07) is 0. The van der Waals surface area contributed by atoms with Gasteiger partial charge in [0.15, 0.2) is 0 Å². The Morgan fingerprint density at radius 3 is 2.50 bits per heavy atom. The quantitative estimate of drug-likeness (QED) is 0.601. The van der Waals surface area contributed by atoms with Gasteiger partial charge in [0.2, 0.25) is 0 Å². The second-order valence-corrected chi connectivity index (χ2v) is 7.31. The highest BCUT2D eigenvalue weighted by Crippen LogP contribution is 2.58. The highest BCUT2D eigenvalue weighted by molar-refractivity contribution is 5.05. The van der Waals surface area contributed by atoms with Crippen molar-refractivity contribution in [2.75, 3.05) is 0 Å². The van der Waals surface area contributed by atoms with Gasteiger partial charge in [0, 0.05) is 0 Å². The van der Waals surface area contributed by atoms with Crippen LogP contribution in [0.1, 0.15) is 59.8 Å². The number of hydrogen-bond acceptors (Lipinski definition) is 1. The summed E-state index contributed by atoms with van der Waals surface area (Å²) in [4.78, 5) is 0. The van der Waals surface area contributed by atoms with Crippen molar-refractivity contribution in [3.63, 3.8) is 0 Å². The van der Waals surface area contributed by atoms with E-state index in [9.17, 15) is 0 Å². The summed E-state index contributed by atoms with van der Waals surface area (Å²) in [7, 11) is 0. The molecule has 0 amide bonds. The van der Waals surface area contributed by atoms with Crippen LogP contribution in [0.3, 0.4) is 0 Å². The Hall–Kier alpha value is -0.0400. The maximum atomic E-state index is 6.55. The van der Waals surface area contributed by atoms with Gasteiger partial charge < -0.3 is 4.74 Å². The van der Waals surface area contributed by atoms with Gasteiger partial charge in [-0.2, -0.15) is 0 Å². The summed E-state index contributed by atoms with van der Waals surface area (Å²) < 4.78 is 6.55. The molecule has 2 saturated carbocycles.